The summed E-state index contributed by atoms with van der Waals surface area (Å²) in [6.45, 7) is 2.27. The van der Waals surface area contributed by atoms with Crippen molar-refractivity contribution < 1.29 is 22.6 Å². The number of aromatic nitrogens is 3. The maximum absolute atomic E-state index is 13.0. The minimum Gasteiger partial charge on any atom is -0.497 e. The number of alkyl halides is 3. The number of aryl methyl sites for hydroxylation is 1. The first-order valence-corrected chi connectivity index (χ1v) is 14.7. The maximum Gasteiger partial charge on any atom is 0.390 e. The van der Waals surface area contributed by atoms with Crippen LogP contribution in [0.25, 0.3) is 16.9 Å². The number of benzene rings is 2. The summed E-state index contributed by atoms with van der Waals surface area (Å²) in [6, 6.07) is 15.7. The molecular formula is C28H30F3N5O2S2. The number of nitrogens with two attached hydrogens (primary N) is 1. The topological polar surface area (TPSA) is 86.7 Å². The Morgan fingerprint density at radius 1 is 1.10 bits per heavy atom. The number of nitrogens with one attached hydrogen (secondary N) is 1. The molecule has 2 aromatic heterocycles. The molecule has 3 N–H and O–H groups in total. The van der Waals surface area contributed by atoms with E-state index in [1.165, 1.54) is 0 Å². The molecule has 40 heavy (non-hydrogen) atoms. The molecule has 0 radical (unpaired) electrons. The van der Waals surface area contributed by atoms with Gasteiger partial charge in [-0.25, -0.2) is 9.50 Å². The molecule has 1 saturated heterocycles. The highest BCUT2D eigenvalue weighted by Crippen LogP contribution is 2.56. The summed E-state index contributed by atoms with van der Waals surface area (Å²) in [5.74, 6) is 2.57. The fraction of sp³-hybridized carbons (Fsp3) is 0.357. The molecule has 1 fully saturated rings. The summed E-state index contributed by atoms with van der Waals surface area (Å²) in [4.78, 5) is 4.58. The van der Waals surface area contributed by atoms with E-state index in [0.29, 0.717) is 17.9 Å². The Hall–Kier alpha value is -2.93. The number of hydrogen-bond acceptors (Lipinski definition) is 8. The lowest BCUT2D eigenvalue weighted by Gasteiger charge is -2.28. The number of halogens is 3. The molecule has 0 unspecified atom stereocenters. The third-order valence-electron chi connectivity index (χ3n) is 6.71. The second kappa shape index (κ2) is 11.9. The summed E-state index contributed by atoms with van der Waals surface area (Å²) < 4.78 is 50.9. The Bertz CT molecular complexity index is 1470. The van der Waals surface area contributed by atoms with Gasteiger partial charge in [0.05, 0.1) is 50.1 Å². The van der Waals surface area contributed by atoms with E-state index in [0.717, 1.165) is 50.9 Å². The highest BCUT2D eigenvalue weighted by molar-refractivity contribution is 8.20. The van der Waals surface area contributed by atoms with Gasteiger partial charge in [-0.15, -0.1) is 23.5 Å². The molecule has 0 atom stereocenters. The van der Waals surface area contributed by atoms with Gasteiger partial charge in [-0.2, -0.15) is 18.3 Å². The number of imidazole rings is 1. The molecule has 12 heteroatoms. The predicted molar refractivity (Wildman–Crippen MR) is 155 cm³/mol. The zero-order chi connectivity index (χ0) is 28.3. The van der Waals surface area contributed by atoms with E-state index in [-0.39, 0.29) is 13.3 Å². The molecule has 0 spiro atoms. The van der Waals surface area contributed by atoms with Gasteiger partial charge in [-0.1, -0.05) is 24.3 Å². The molecule has 0 amide bonds. The van der Waals surface area contributed by atoms with Crippen LogP contribution in [0.15, 0.2) is 54.7 Å². The maximum atomic E-state index is 13.0. The van der Waals surface area contributed by atoms with E-state index in [2.05, 4.69) is 10.3 Å². The van der Waals surface area contributed by atoms with Crippen LogP contribution in [0, 0.1) is 6.92 Å². The van der Waals surface area contributed by atoms with E-state index >= 15 is 0 Å². The van der Waals surface area contributed by atoms with Crippen LogP contribution in [0.2, 0.25) is 0 Å². The molecule has 212 valence electrons. The smallest absolute Gasteiger partial charge is 0.390 e. The van der Waals surface area contributed by atoms with Gasteiger partial charge in [0.25, 0.3) is 0 Å². The largest absolute Gasteiger partial charge is 0.497 e. The van der Waals surface area contributed by atoms with Crippen molar-refractivity contribution in [2.24, 2.45) is 5.73 Å². The molecule has 1 aliphatic heterocycles. The summed E-state index contributed by atoms with van der Waals surface area (Å²) in [5, 5.41) is 8.07. The number of hydrogen-bond donors (Lipinski definition) is 2. The number of anilines is 1. The average Bonchev–Trinajstić information content (AvgIpc) is 3.60. The number of fused-ring (bicyclic) bond motifs is 1. The van der Waals surface area contributed by atoms with E-state index in [9.17, 15) is 13.2 Å². The van der Waals surface area contributed by atoms with Gasteiger partial charge in [0.2, 0.25) is 0 Å². The highest BCUT2D eigenvalue weighted by Gasteiger charge is 2.42. The van der Waals surface area contributed by atoms with Gasteiger partial charge < -0.3 is 20.5 Å². The van der Waals surface area contributed by atoms with Crippen molar-refractivity contribution in [3.8, 4) is 17.0 Å². The first-order chi connectivity index (χ1) is 19.2. The number of rotatable bonds is 10. The van der Waals surface area contributed by atoms with Gasteiger partial charge in [-0.3, -0.25) is 0 Å². The number of thioether (sulfide) groups is 2. The van der Waals surface area contributed by atoms with E-state index in [4.69, 9.17) is 20.3 Å². The summed E-state index contributed by atoms with van der Waals surface area (Å²) in [5.41, 5.74) is 11.9. The van der Waals surface area contributed by atoms with Crippen molar-refractivity contribution in [2.45, 2.75) is 30.2 Å². The van der Waals surface area contributed by atoms with E-state index < -0.39 is 16.7 Å². The van der Waals surface area contributed by atoms with E-state index in [1.807, 2.05) is 55.5 Å². The minimum absolute atomic E-state index is 0.136. The Morgan fingerprint density at radius 2 is 1.85 bits per heavy atom. The number of methoxy groups -OCH3 is 1. The van der Waals surface area contributed by atoms with Gasteiger partial charge in [0, 0.05) is 23.6 Å². The third kappa shape index (κ3) is 5.90. The fourth-order valence-corrected chi connectivity index (χ4v) is 7.84. The standard InChI is InChI=1S/C28H30F3N5O2S2/c1-18-13-19(3-4-20(18)16-38-17-32)24-15-34-26-23(33-10-9-27(29,30)31)14-25(35-36(24)26)28(39-11-12-40-28)21-5-7-22(37-2)8-6-21/h3-8,13-15,33H,9-12,16-17,32H2,1-2H3. The van der Waals surface area contributed by atoms with Crippen LogP contribution in [0.3, 0.4) is 0 Å². The number of nitrogens with zero attached hydrogens (tertiary/aromatic N) is 3. The molecular weight excluding hydrogens is 559 g/mol. The zero-order valence-electron chi connectivity index (χ0n) is 22.1. The Labute approximate surface area is 239 Å². The Kier molecular flexibility index (Phi) is 8.50. The van der Waals surface area contributed by atoms with Crippen molar-refractivity contribution in [1.82, 2.24) is 14.6 Å². The van der Waals surface area contributed by atoms with E-state index in [1.54, 1.807) is 41.3 Å². The first kappa shape index (κ1) is 28.6. The molecule has 0 bridgehead atoms. The lowest BCUT2D eigenvalue weighted by atomic mass is 10.0. The van der Waals surface area contributed by atoms with Crippen molar-refractivity contribution in [2.75, 3.05) is 37.2 Å². The SMILES string of the molecule is COc1ccc(C2(c3cc(NCCC(F)(F)F)c4ncc(-c5ccc(COCN)c(C)c5)n4n3)SCCS2)cc1. The Morgan fingerprint density at radius 3 is 2.50 bits per heavy atom. The van der Waals surface area contributed by atoms with Crippen LogP contribution in [-0.4, -0.2) is 52.7 Å². The quantitative estimate of drug-likeness (QED) is 0.212. The molecule has 0 saturated carbocycles. The average molecular weight is 590 g/mol. The zero-order valence-corrected chi connectivity index (χ0v) is 23.8. The summed E-state index contributed by atoms with van der Waals surface area (Å²) in [7, 11) is 1.62. The van der Waals surface area contributed by atoms with Crippen molar-refractivity contribution in [3.05, 3.63) is 77.1 Å². The fourth-order valence-electron chi connectivity index (χ4n) is 4.67. The van der Waals surface area contributed by atoms with Crippen molar-refractivity contribution in [3.63, 3.8) is 0 Å². The van der Waals surface area contributed by atoms with Crippen LogP contribution in [0.4, 0.5) is 18.9 Å². The van der Waals surface area contributed by atoms with Crippen LogP contribution < -0.4 is 15.8 Å². The van der Waals surface area contributed by atoms with Gasteiger partial charge in [0.1, 0.15) is 9.83 Å². The monoisotopic (exact) mass is 589 g/mol. The van der Waals surface area contributed by atoms with Gasteiger partial charge in [0.15, 0.2) is 5.65 Å². The van der Waals surface area contributed by atoms with Crippen molar-refractivity contribution in [1.29, 1.82) is 0 Å². The van der Waals surface area contributed by atoms with Crippen LogP contribution in [0.1, 0.15) is 28.8 Å². The molecule has 2 aromatic carbocycles. The minimum atomic E-state index is -4.27. The highest BCUT2D eigenvalue weighted by atomic mass is 32.2. The number of ether oxygens (including phenoxy) is 2. The summed E-state index contributed by atoms with van der Waals surface area (Å²) in [6.07, 6.45) is -3.52. The van der Waals surface area contributed by atoms with Crippen LogP contribution in [-0.2, 0) is 15.4 Å². The first-order valence-electron chi connectivity index (χ1n) is 12.7. The summed E-state index contributed by atoms with van der Waals surface area (Å²) >= 11 is 3.53. The molecule has 7 nitrogen and oxygen atoms in total. The van der Waals surface area contributed by atoms with Gasteiger partial charge in [-0.05, 0) is 47.9 Å². The van der Waals surface area contributed by atoms with Crippen molar-refractivity contribution >= 4 is 34.9 Å². The Balaban J connectivity index is 1.63. The third-order valence-corrected chi connectivity index (χ3v) is 10.2. The molecule has 0 aliphatic carbocycles. The second-order valence-electron chi connectivity index (χ2n) is 9.31. The molecule has 5 rings (SSSR count). The lowest BCUT2D eigenvalue weighted by molar-refractivity contribution is -0.131. The normalized spacial score (nSPS) is 15.1. The molecule has 4 aromatic rings. The molecule has 3 heterocycles. The van der Waals surface area contributed by atoms with Crippen LogP contribution in [0.5, 0.6) is 5.75 Å². The molecule has 1 aliphatic rings. The van der Waals surface area contributed by atoms with Gasteiger partial charge >= 0.3 is 6.18 Å². The lowest BCUT2D eigenvalue weighted by Crippen LogP contribution is -2.21. The van der Waals surface area contributed by atoms with Crippen LogP contribution >= 0.6 is 23.5 Å². The predicted octanol–water partition coefficient (Wildman–Crippen LogP) is 6.19. The second-order valence-corrected chi connectivity index (χ2v) is 12.2.